The van der Waals surface area contributed by atoms with E-state index in [0.29, 0.717) is 5.02 Å². The van der Waals surface area contributed by atoms with E-state index in [0.717, 1.165) is 30.8 Å². The first-order chi connectivity index (χ1) is 14.7. The fraction of sp³-hybridized carbons (Fsp3) is 0.348. The second kappa shape index (κ2) is 9.32. The molecule has 0 spiro atoms. The predicted molar refractivity (Wildman–Crippen MR) is 115 cm³/mol. The molecule has 0 saturated carbocycles. The molecule has 3 aromatic rings. The number of alkyl halides is 3. The molecule has 0 fully saturated rings. The molecule has 1 aromatic heterocycles. The molecule has 2 N–H and O–H groups in total. The lowest BCUT2D eigenvalue weighted by Gasteiger charge is -2.20. The minimum atomic E-state index is -4.90. The van der Waals surface area contributed by atoms with Gasteiger partial charge in [0.2, 0.25) is 11.2 Å². The summed E-state index contributed by atoms with van der Waals surface area (Å²) in [5.74, 6) is -1.57. The third kappa shape index (κ3) is 4.88. The van der Waals surface area contributed by atoms with Gasteiger partial charge in [-0.25, -0.2) is 0 Å². The zero-order valence-electron chi connectivity index (χ0n) is 17.3. The van der Waals surface area contributed by atoms with Gasteiger partial charge in [-0.2, -0.15) is 13.2 Å². The molecule has 1 heterocycles. The van der Waals surface area contributed by atoms with Gasteiger partial charge >= 0.3 is 6.18 Å². The van der Waals surface area contributed by atoms with Crippen molar-refractivity contribution in [3.63, 3.8) is 0 Å². The molecule has 0 atom stereocenters. The second-order valence-corrected chi connectivity index (χ2v) is 7.94. The van der Waals surface area contributed by atoms with Crippen molar-refractivity contribution in [2.75, 3.05) is 13.1 Å². The van der Waals surface area contributed by atoms with E-state index in [1.54, 1.807) is 0 Å². The molecule has 0 aliphatic heterocycles. The molecule has 3 rings (SSSR count). The molecule has 0 amide bonds. The lowest BCUT2D eigenvalue weighted by Crippen LogP contribution is -3.10. The summed E-state index contributed by atoms with van der Waals surface area (Å²) < 4.78 is 47.2. The minimum Gasteiger partial charge on any atom is -0.507 e. The van der Waals surface area contributed by atoms with Crippen molar-refractivity contribution in [1.82, 2.24) is 0 Å². The van der Waals surface area contributed by atoms with E-state index in [-0.39, 0.29) is 34.4 Å². The number of hydrogen-bond acceptors (Lipinski definition) is 3. The summed E-state index contributed by atoms with van der Waals surface area (Å²) >= 11 is 5.85. The highest BCUT2D eigenvalue weighted by Gasteiger charge is 2.40. The van der Waals surface area contributed by atoms with Crippen LogP contribution in [0.3, 0.4) is 0 Å². The van der Waals surface area contributed by atoms with Gasteiger partial charge in [-0.15, -0.1) is 0 Å². The number of nitrogens with one attached hydrogen (secondary N) is 1. The maximum Gasteiger partial charge on any atom is 0.450 e. The number of aromatic hydroxyl groups is 1. The Bertz CT molecular complexity index is 1120. The van der Waals surface area contributed by atoms with Crippen LogP contribution in [0.15, 0.2) is 45.6 Å². The number of hydrogen-bond donors (Lipinski definition) is 2. The Morgan fingerprint density at radius 2 is 1.65 bits per heavy atom. The summed E-state index contributed by atoms with van der Waals surface area (Å²) in [6, 6.07) is 8.18. The normalized spacial score (nSPS) is 12.1. The number of rotatable bonds is 7. The van der Waals surface area contributed by atoms with Gasteiger partial charge in [-0.05, 0) is 42.7 Å². The predicted octanol–water partition coefficient (Wildman–Crippen LogP) is 5.04. The monoisotopic (exact) mass is 454 g/mol. The van der Waals surface area contributed by atoms with Crippen molar-refractivity contribution in [3.8, 4) is 16.9 Å². The van der Waals surface area contributed by atoms with Crippen molar-refractivity contribution >= 4 is 22.6 Å². The van der Waals surface area contributed by atoms with Crippen molar-refractivity contribution in [2.45, 2.75) is 39.4 Å². The molecule has 4 nitrogen and oxygen atoms in total. The van der Waals surface area contributed by atoms with Crippen LogP contribution in [-0.2, 0) is 12.7 Å². The second-order valence-electron chi connectivity index (χ2n) is 7.51. The largest absolute Gasteiger partial charge is 0.507 e. The molecule has 0 unspecified atom stereocenters. The minimum absolute atomic E-state index is 0.00176. The lowest BCUT2D eigenvalue weighted by molar-refractivity contribution is -0.913. The fourth-order valence-electron chi connectivity index (χ4n) is 3.81. The van der Waals surface area contributed by atoms with E-state index in [4.69, 9.17) is 16.0 Å². The van der Waals surface area contributed by atoms with E-state index in [1.165, 1.54) is 36.4 Å². The first-order valence-corrected chi connectivity index (χ1v) is 10.5. The van der Waals surface area contributed by atoms with E-state index in [9.17, 15) is 23.1 Å². The SMILES string of the molecule is CCC[NH+](CCC)Cc1c(O)ccc2c(=O)c(-c3ccc(Cl)cc3)c(C(F)(F)F)oc12. The van der Waals surface area contributed by atoms with Crippen LogP contribution in [0.2, 0.25) is 5.02 Å². The van der Waals surface area contributed by atoms with Crippen molar-refractivity contribution in [3.05, 3.63) is 63.0 Å². The van der Waals surface area contributed by atoms with Crippen LogP contribution in [0.4, 0.5) is 13.2 Å². The first kappa shape index (κ1) is 23.2. The van der Waals surface area contributed by atoms with Gasteiger partial charge in [0.25, 0.3) is 0 Å². The molecule has 0 aliphatic rings. The van der Waals surface area contributed by atoms with Crippen LogP contribution in [0.5, 0.6) is 5.75 Å². The van der Waals surface area contributed by atoms with E-state index in [2.05, 4.69) is 0 Å². The Labute approximate surface area is 182 Å². The van der Waals surface area contributed by atoms with Crippen LogP contribution in [-0.4, -0.2) is 18.2 Å². The summed E-state index contributed by atoms with van der Waals surface area (Å²) in [5, 5.41) is 10.8. The standard InChI is InChI=1S/C23H23ClF3NO3/c1-3-11-28(12-4-2)13-17-18(29)10-9-16-20(30)19(14-5-7-15(24)8-6-14)22(23(25,26)27)31-21(16)17/h5-10,29H,3-4,11-13H2,1-2H3/p+1. The average molecular weight is 455 g/mol. The molecule has 166 valence electrons. The topological polar surface area (TPSA) is 54.9 Å². The van der Waals surface area contributed by atoms with Gasteiger partial charge in [-0.1, -0.05) is 37.6 Å². The third-order valence-corrected chi connectivity index (χ3v) is 5.41. The Hall–Kier alpha value is -2.51. The zero-order valence-corrected chi connectivity index (χ0v) is 18.0. The van der Waals surface area contributed by atoms with E-state index >= 15 is 0 Å². The lowest BCUT2D eigenvalue weighted by atomic mass is 10.00. The van der Waals surface area contributed by atoms with E-state index < -0.39 is 22.9 Å². The van der Waals surface area contributed by atoms with Crippen molar-refractivity contribution < 1.29 is 27.6 Å². The molecule has 0 bridgehead atoms. The van der Waals surface area contributed by atoms with Crippen LogP contribution in [0, 0.1) is 0 Å². The third-order valence-electron chi connectivity index (χ3n) is 5.16. The van der Waals surface area contributed by atoms with Crippen molar-refractivity contribution in [1.29, 1.82) is 0 Å². The molecule has 0 saturated heterocycles. The highest BCUT2D eigenvalue weighted by molar-refractivity contribution is 6.30. The average Bonchev–Trinajstić information content (AvgIpc) is 2.70. The number of quaternary nitrogens is 1. The highest BCUT2D eigenvalue weighted by Crippen LogP contribution is 2.39. The molecule has 8 heteroatoms. The summed E-state index contributed by atoms with van der Waals surface area (Å²) in [6.07, 6.45) is -3.15. The Balaban J connectivity index is 2.30. The van der Waals surface area contributed by atoms with Gasteiger partial charge in [0.15, 0.2) is 5.58 Å². The summed E-state index contributed by atoms with van der Waals surface area (Å²) in [4.78, 5) is 14.3. The number of halogens is 4. The Kier molecular flexibility index (Phi) is 6.96. The Morgan fingerprint density at radius 3 is 2.19 bits per heavy atom. The van der Waals surface area contributed by atoms with Crippen LogP contribution in [0.1, 0.15) is 38.0 Å². The smallest absolute Gasteiger partial charge is 0.450 e. The highest BCUT2D eigenvalue weighted by atomic mass is 35.5. The molecule has 0 aliphatic carbocycles. The fourth-order valence-corrected chi connectivity index (χ4v) is 3.94. The summed E-state index contributed by atoms with van der Waals surface area (Å²) in [5.41, 5.74) is -1.32. The molecule has 2 aromatic carbocycles. The maximum absolute atomic E-state index is 13.9. The quantitative estimate of drug-likeness (QED) is 0.525. The number of phenolic OH excluding ortho intramolecular Hbond substituents is 1. The number of benzene rings is 2. The Morgan fingerprint density at radius 1 is 1.03 bits per heavy atom. The summed E-state index contributed by atoms with van der Waals surface area (Å²) in [6.45, 7) is 5.84. The molecular weight excluding hydrogens is 431 g/mol. The molecule has 0 radical (unpaired) electrons. The zero-order chi connectivity index (χ0) is 22.8. The number of phenols is 1. The van der Waals surface area contributed by atoms with Gasteiger partial charge in [-0.3, -0.25) is 4.79 Å². The van der Waals surface area contributed by atoms with Crippen molar-refractivity contribution in [2.24, 2.45) is 0 Å². The van der Waals surface area contributed by atoms with Gasteiger partial charge in [0.05, 0.1) is 29.6 Å². The number of fused-ring (bicyclic) bond motifs is 1. The van der Waals surface area contributed by atoms with Crippen LogP contribution >= 0.6 is 11.6 Å². The van der Waals surface area contributed by atoms with Crippen LogP contribution in [0.25, 0.3) is 22.1 Å². The summed E-state index contributed by atoms with van der Waals surface area (Å²) in [7, 11) is 0. The van der Waals surface area contributed by atoms with Gasteiger partial charge < -0.3 is 14.4 Å². The van der Waals surface area contributed by atoms with Gasteiger partial charge in [0.1, 0.15) is 12.3 Å². The van der Waals surface area contributed by atoms with Gasteiger partial charge in [0, 0.05) is 5.02 Å². The van der Waals surface area contributed by atoms with Crippen LogP contribution < -0.4 is 10.3 Å². The van der Waals surface area contributed by atoms with E-state index in [1.807, 2.05) is 13.8 Å². The molecule has 31 heavy (non-hydrogen) atoms. The first-order valence-electron chi connectivity index (χ1n) is 10.2. The molecular formula is C23H24ClF3NO3+. The maximum atomic E-state index is 13.9.